The van der Waals surface area contributed by atoms with Crippen molar-refractivity contribution in [1.82, 2.24) is 24.8 Å². The van der Waals surface area contributed by atoms with Gasteiger partial charge >= 0.3 is 0 Å². The van der Waals surface area contributed by atoms with Crippen molar-refractivity contribution < 1.29 is 4.74 Å². The van der Waals surface area contributed by atoms with Crippen LogP contribution in [-0.2, 0) is 0 Å². The SMILES string of the molecule is Cc1cccc2nc(C(C)NC3=NCNc4nc[nH]c43)n(-c3cccc(OCC4CC4)c3)c(=O)c12. The summed E-state index contributed by atoms with van der Waals surface area (Å²) in [5.74, 6) is 3.41. The van der Waals surface area contributed by atoms with Crippen LogP contribution in [0.3, 0.4) is 0 Å². The molecular formula is C26H27N7O2. The third-order valence-electron chi connectivity index (χ3n) is 6.49. The number of aromatic nitrogens is 4. The van der Waals surface area contributed by atoms with E-state index in [1.54, 1.807) is 10.9 Å². The average Bonchev–Trinajstić information content (AvgIpc) is 3.56. The Bertz CT molecular complexity index is 1500. The highest BCUT2D eigenvalue weighted by molar-refractivity contribution is 6.02. The summed E-state index contributed by atoms with van der Waals surface area (Å²) >= 11 is 0. The van der Waals surface area contributed by atoms with E-state index in [4.69, 9.17) is 9.72 Å². The molecule has 178 valence electrons. The summed E-state index contributed by atoms with van der Waals surface area (Å²) in [5, 5.41) is 7.19. The average molecular weight is 470 g/mol. The Labute approximate surface area is 202 Å². The largest absolute Gasteiger partial charge is 0.493 e. The fraction of sp³-hybridized carbons (Fsp3) is 0.308. The standard InChI is InChI=1S/C26H27N7O2/c1-15-5-3-8-20-21(15)26(34)33(18-6-4-7-19(11-18)35-12-17-9-10-17)25(32-20)16(2)31-24-22-23(28-13-27-22)29-14-30-24/h3-8,11,13,16-17,29H,9-10,12,14H2,1-2H3,(H,27,28)(H,30,31). The molecule has 4 aromatic rings. The first-order valence-electron chi connectivity index (χ1n) is 11.9. The number of anilines is 1. The first kappa shape index (κ1) is 21.4. The molecule has 6 rings (SSSR count). The van der Waals surface area contributed by atoms with Crippen molar-refractivity contribution in [3.8, 4) is 11.4 Å². The van der Waals surface area contributed by atoms with Crippen LogP contribution in [0.2, 0.25) is 0 Å². The fourth-order valence-corrected chi connectivity index (χ4v) is 4.43. The van der Waals surface area contributed by atoms with E-state index in [2.05, 4.69) is 25.6 Å². The number of aliphatic imine (C=N–C) groups is 1. The molecule has 1 aliphatic heterocycles. The van der Waals surface area contributed by atoms with E-state index < -0.39 is 0 Å². The Morgan fingerprint density at radius 3 is 2.94 bits per heavy atom. The maximum Gasteiger partial charge on any atom is 0.266 e. The Balaban J connectivity index is 1.45. The van der Waals surface area contributed by atoms with E-state index >= 15 is 0 Å². The Hall–Kier alpha value is -4.14. The fourth-order valence-electron chi connectivity index (χ4n) is 4.43. The third kappa shape index (κ3) is 4.03. The highest BCUT2D eigenvalue weighted by Gasteiger charge is 2.24. The molecule has 1 saturated carbocycles. The second-order valence-electron chi connectivity index (χ2n) is 9.17. The van der Waals surface area contributed by atoms with Gasteiger partial charge in [-0.1, -0.05) is 18.2 Å². The predicted octanol–water partition coefficient (Wildman–Crippen LogP) is 3.69. The molecule has 3 heterocycles. The number of rotatable bonds is 6. The molecule has 0 spiro atoms. The van der Waals surface area contributed by atoms with Crippen LogP contribution in [0.25, 0.3) is 16.6 Å². The second kappa shape index (κ2) is 8.57. The van der Waals surface area contributed by atoms with Crippen LogP contribution < -0.4 is 20.9 Å². The molecule has 1 fully saturated rings. The summed E-state index contributed by atoms with van der Waals surface area (Å²) in [7, 11) is 0. The van der Waals surface area contributed by atoms with Crippen molar-refractivity contribution in [3.05, 3.63) is 76.2 Å². The van der Waals surface area contributed by atoms with Crippen LogP contribution in [0.4, 0.5) is 5.82 Å². The zero-order valence-electron chi connectivity index (χ0n) is 19.7. The van der Waals surface area contributed by atoms with Gasteiger partial charge in [0.15, 0.2) is 11.7 Å². The molecule has 0 bridgehead atoms. The van der Waals surface area contributed by atoms with Crippen molar-refractivity contribution in [3.63, 3.8) is 0 Å². The summed E-state index contributed by atoms with van der Waals surface area (Å²) in [6, 6.07) is 13.1. The highest BCUT2D eigenvalue weighted by atomic mass is 16.5. The van der Waals surface area contributed by atoms with Gasteiger partial charge in [0.25, 0.3) is 5.56 Å². The number of nitrogens with one attached hydrogen (secondary N) is 3. The van der Waals surface area contributed by atoms with E-state index in [0.717, 1.165) is 28.5 Å². The number of benzene rings is 2. The topological polar surface area (TPSA) is 109 Å². The van der Waals surface area contributed by atoms with Gasteiger partial charge in [0, 0.05) is 6.07 Å². The lowest BCUT2D eigenvalue weighted by Crippen LogP contribution is -2.35. The molecule has 9 heteroatoms. The van der Waals surface area contributed by atoms with E-state index in [1.807, 2.05) is 56.3 Å². The first-order valence-corrected chi connectivity index (χ1v) is 11.9. The number of aromatic amines is 1. The van der Waals surface area contributed by atoms with Gasteiger partial charge in [-0.05, 0) is 56.4 Å². The van der Waals surface area contributed by atoms with Crippen molar-refractivity contribution in [1.29, 1.82) is 0 Å². The molecule has 1 aliphatic carbocycles. The molecule has 0 saturated heterocycles. The smallest absolute Gasteiger partial charge is 0.266 e. The van der Waals surface area contributed by atoms with Gasteiger partial charge in [-0.25, -0.2) is 15.0 Å². The molecule has 0 radical (unpaired) electrons. The van der Waals surface area contributed by atoms with Crippen molar-refractivity contribution >= 4 is 22.6 Å². The third-order valence-corrected chi connectivity index (χ3v) is 6.49. The molecule has 3 N–H and O–H groups in total. The minimum atomic E-state index is -0.323. The van der Waals surface area contributed by atoms with Crippen molar-refractivity contribution in [2.24, 2.45) is 10.9 Å². The molecule has 1 unspecified atom stereocenters. The predicted molar refractivity (Wildman–Crippen MR) is 135 cm³/mol. The number of hydrogen-bond donors (Lipinski definition) is 3. The molecule has 2 aromatic heterocycles. The van der Waals surface area contributed by atoms with Crippen LogP contribution in [0.15, 0.2) is 58.6 Å². The van der Waals surface area contributed by atoms with Crippen molar-refractivity contribution in [2.45, 2.75) is 32.7 Å². The summed E-state index contributed by atoms with van der Waals surface area (Å²) in [6.07, 6.45) is 4.07. The minimum Gasteiger partial charge on any atom is -0.493 e. The van der Waals surface area contributed by atoms with Crippen molar-refractivity contribution in [2.75, 3.05) is 18.6 Å². The second-order valence-corrected chi connectivity index (χ2v) is 9.17. The van der Waals surface area contributed by atoms with Crippen LogP contribution >= 0.6 is 0 Å². The lowest BCUT2D eigenvalue weighted by atomic mass is 10.1. The molecule has 0 amide bonds. The molecule has 1 atom stereocenters. The molecule has 35 heavy (non-hydrogen) atoms. The van der Waals surface area contributed by atoms with Crippen LogP contribution in [0, 0.1) is 12.8 Å². The Morgan fingerprint density at radius 1 is 1.23 bits per heavy atom. The molecule has 2 aliphatic rings. The molecular weight excluding hydrogens is 442 g/mol. The quantitative estimate of drug-likeness (QED) is 0.397. The normalized spacial score (nSPS) is 15.8. The Morgan fingerprint density at radius 2 is 2.09 bits per heavy atom. The number of fused-ring (bicyclic) bond motifs is 2. The van der Waals surface area contributed by atoms with Gasteiger partial charge in [0.2, 0.25) is 0 Å². The number of nitrogens with zero attached hydrogens (tertiary/aromatic N) is 4. The maximum absolute atomic E-state index is 13.9. The summed E-state index contributed by atoms with van der Waals surface area (Å²) < 4.78 is 7.69. The van der Waals surface area contributed by atoms with Gasteiger partial charge in [0.1, 0.15) is 23.9 Å². The van der Waals surface area contributed by atoms with Crippen LogP contribution in [0.5, 0.6) is 5.75 Å². The number of imidazole rings is 1. The Kier molecular flexibility index (Phi) is 5.24. The number of amidine groups is 1. The maximum atomic E-state index is 13.9. The van der Waals surface area contributed by atoms with Gasteiger partial charge in [0.05, 0.1) is 35.6 Å². The minimum absolute atomic E-state index is 0.106. The molecule has 2 aromatic carbocycles. The van der Waals surface area contributed by atoms with Gasteiger partial charge in [-0.15, -0.1) is 0 Å². The zero-order valence-corrected chi connectivity index (χ0v) is 19.7. The van der Waals surface area contributed by atoms with Crippen LogP contribution in [0.1, 0.15) is 42.9 Å². The van der Waals surface area contributed by atoms with E-state index in [0.29, 0.717) is 41.8 Å². The van der Waals surface area contributed by atoms with Gasteiger partial charge in [-0.3, -0.25) is 9.36 Å². The lowest BCUT2D eigenvalue weighted by molar-refractivity contribution is 0.299. The van der Waals surface area contributed by atoms with E-state index in [9.17, 15) is 4.79 Å². The number of H-pyrrole nitrogens is 1. The van der Waals surface area contributed by atoms with Gasteiger partial charge < -0.3 is 20.4 Å². The number of ether oxygens (including phenoxy) is 1. The summed E-state index contributed by atoms with van der Waals surface area (Å²) in [6.45, 7) is 5.05. The van der Waals surface area contributed by atoms with Gasteiger partial charge in [-0.2, -0.15) is 0 Å². The number of hydrogen-bond acceptors (Lipinski definition) is 7. The summed E-state index contributed by atoms with van der Waals surface area (Å²) in [4.78, 5) is 30.8. The number of aryl methyl sites for hydroxylation is 1. The lowest BCUT2D eigenvalue weighted by Gasteiger charge is -2.23. The zero-order chi connectivity index (χ0) is 23.9. The van der Waals surface area contributed by atoms with E-state index in [1.165, 1.54) is 12.8 Å². The highest BCUT2D eigenvalue weighted by Crippen LogP contribution is 2.30. The molecule has 9 nitrogen and oxygen atoms in total. The summed E-state index contributed by atoms with van der Waals surface area (Å²) in [5.41, 5.74) is 2.96. The monoisotopic (exact) mass is 469 g/mol. The first-order chi connectivity index (χ1) is 17.1. The van der Waals surface area contributed by atoms with Crippen LogP contribution in [-0.4, -0.2) is 38.6 Å². The van der Waals surface area contributed by atoms with E-state index in [-0.39, 0.29) is 11.6 Å².